The van der Waals surface area contributed by atoms with Gasteiger partial charge in [-0.25, -0.2) is 9.34 Å². The number of hydrogen-bond donors (Lipinski definition) is 1. The normalized spacial score (nSPS) is 12.1. The van der Waals surface area contributed by atoms with E-state index < -0.39 is 15.7 Å². The Labute approximate surface area is 106 Å². The average Bonchev–Trinajstić information content (AvgIpc) is 2.16. The van der Waals surface area contributed by atoms with Crippen LogP contribution in [0.3, 0.4) is 0 Å². The summed E-state index contributed by atoms with van der Waals surface area (Å²) in [7, 11) is 9.99. The summed E-state index contributed by atoms with van der Waals surface area (Å²) in [6, 6.07) is 0. The van der Waals surface area contributed by atoms with Gasteiger partial charge in [-0.3, -0.25) is 10.1 Å². The molecule has 0 aromatic rings. The summed E-state index contributed by atoms with van der Waals surface area (Å²) in [5.41, 5.74) is 5.41. The fourth-order valence-electron chi connectivity index (χ4n) is 0.716. The van der Waals surface area contributed by atoms with E-state index in [1.807, 2.05) is 0 Å². The van der Waals surface area contributed by atoms with Crippen LogP contribution in [-0.4, -0.2) is 75.1 Å². The van der Waals surface area contributed by atoms with Crippen LogP contribution in [0.15, 0.2) is 0 Å². The van der Waals surface area contributed by atoms with Crippen molar-refractivity contribution in [2.24, 2.45) is 5.50 Å². The number of nitrogens with zero attached hydrogens (tertiary/aromatic N) is 4. The predicted molar refractivity (Wildman–Crippen MR) is 74.1 cm³/mol. The molecule has 0 aromatic carbocycles. The largest absolute Gasteiger partial charge is 0.536 e. The minimum absolute atomic E-state index is 1.28. The van der Waals surface area contributed by atoms with Crippen LogP contribution >= 0.6 is 15.7 Å². The molecule has 0 bridgehead atoms. The number of hydrogen-bond acceptors (Lipinski definition) is 2. The van der Waals surface area contributed by atoms with Gasteiger partial charge in [-0.05, 0) is 32.8 Å². The lowest BCUT2D eigenvalue weighted by molar-refractivity contribution is 0.449. The lowest BCUT2D eigenvalue weighted by Crippen LogP contribution is -2.26. The zero-order chi connectivity index (χ0) is 14.4. The molecule has 9 heteroatoms. The number of rotatable bonds is 4. The molecule has 104 valence electrons. The Kier molecular flexibility index (Phi) is 9.47. The standard InChI is InChI=1S/C4H14N3OP.C4H12N2OP/c1-6(2)9(5,8)7(3)4;1-5(2)8(7)6(3)4/h1-4H3,(H2,5,8);1-4H3/q;+1. The van der Waals surface area contributed by atoms with Gasteiger partial charge in [-0.1, -0.05) is 9.34 Å². The van der Waals surface area contributed by atoms with E-state index in [0.29, 0.717) is 0 Å². The highest BCUT2D eigenvalue weighted by atomic mass is 31.2. The lowest BCUT2D eigenvalue weighted by Gasteiger charge is -2.25. The molecule has 7 nitrogen and oxygen atoms in total. The van der Waals surface area contributed by atoms with Gasteiger partial charge in [-0.2, -0.15) is 0 Å². The quantitative estimate of drug-likeness (QED) is 0.771. The third-order valence-electron chi connectivity index (χ3n) is 1.83. The zero-order valence-electron chi connectivity index (χ0n) is 12.1. The number of nitrogens with two attached hydrogens (primary N) is 1. The second kappa shape index (κ2) is 8.27. The highest BCUT2D eigenvalue weighted by Gasteiger charge is 2.22. The van der Waals surface area contributed by atoms with Gasteiger partial charge in [0.1, 0.15) is 0 Å². The predicted octanol–water partition coefficient (Wildman–Crippen LogP) is 0.943. The summed E-state index contributed by atoms with van der Waals surface area (Å²) in [5.74, 6) is 0. The molecule has 0 saturated heterocycles. The van der Waals surface area contributed by atoms with Crippen LogP contribution in [0.4, 0.5) is 0 Å². The first-order valence-corrected chi connectivity index (χ1v) is 7.85. The molecule has 17 heavy (non-hydrogen) atoms. The van der Waals surface area contributed by atoms with Crippen molar-refractivity contribution < 1.29 is 9.13 Å². The van der Waals surface area contributed by atoms with E-state index in [1.165, 1.54) is 9.34 Å². The van der Waals surface area contributed by atoms with E-state index in [2.05, 4.69) is 0 Å². The molecule has 0 amide bonds. The van der Waals surface area contributed by atoms with Crippen LogP contribution in [0, 0.1) is 0 Å². The summed E-state index contributed by atoms with van der Waals surface area (Å²) >= 11 is 0. The van der Waals surface area contributed by atoms with Crippen molar-refractivity contribution in [3.05, 3.63) is 0 Å². The smallest absolute Gasteiger partial charge is 0.271 e. The lowest BCUT2D eigenvalue weighted by atomic mass is 11.3. The Bertz CT molecular complexity index is 259. The molecule has 0 heterocycles. The maximum Gasteiger partial charge on any atom is 0.536 e. The van der Waals surface area contributed by atoms with Crippen LogP contribution in [-0.2, 0) is 9.13 Å². The van der Waals surface area contributed by atoms with Crippen LogP contribution in [0.2, 0.25) is 0 Å². The second-order valence-electron chi connectivity index (χ2n) is 4.23. The monoisotopic (exact) mass is 286 g/mol. The van der Waals surface area contributed by atoms with Gasteiger partial charge in [0.2, 0.25) is 0 Å². The highest BCUT2D eigenvalue weighted by Crippen LogP contribution is 2.39. The molecule has 0 rings (SSSR count). The van der Waals surface area contributed by atoms with Gasteiger partial charge in [-0.15, -0.1) is 0 Å². The van der Waals surface area contributed by atoms with Crippen molar-refractivity contribution in [2.45, 2.75) is 0 Å². The zero-order valence-corrected chi connectivity index (χ0v) is 13.9. The summed E-state index contributed by atoms with van der Waals surface area (Å²) in [6.45, 7) is 0. The van der Waals surface area contributed by atoms with Gasteiger partial charge in [0.15, 0.2) is 0 Å². The molecule has 0 spiro atoms. The van der Waals surface area contributed by atoms with Crippen molar-refractivity contribution >= 4 is 15.7 Å². The maximum atomic E-state index is 11.2. The molecule has 0 atom stereocenters. The summed E-state index contributed by atoms with van der Waals surface area (Å²) in [6.07, 6.45) is 0. The average molecular weight is 286 g/mol. The summed E-state index contributed by atoms with van der Waals surface area (Å²) < 4.78 is 28.5. The van der Waals surface area contributed by atoms with Gasteiger partial charge in [0.25, 0.3) is 7.59 Å². The van der Waals surface area contributed by atoms with E-state index >= 15 is 0 Å². The van der Waals surface area contributed by atoms with Crippen LogP contribution < -0.4 is 5.50 Å². The van der Waals surface area contributed by atoms with E-state index in [4.69, 9.17) is 5.50 Å². The van der Waals surface area contributed by atoms with Gasteiger partial charge in [0, 0.05) is 28.2 Å². The van der Waals surface area contributed by atoms with Gasteiger partial charge in [0.05, 0.1) is 0 Å². The van der Waals surface area contributed by atoms with E-state index in [1.54, 1.807) is 65.7 Å². The molecule has 0 aliphatic rings. The van der Waals surface area contributed by atoms with E-state index in [-0.39, 0.29) is 0 Å². The minimum Gasteiger partial charge on any atom is -0.271 e. The minimum atomic E-state index is -2.67. The molecular formula is C8H26N5O2P2+. The molecule has 0 fully saturated rings. The van der Waals surface area contributed by atoms with Gasteiger partial charge < -0.3 is 0 Å². The Morgan fingerprint density at radius 2 is 1.06 bits per heavy atom. The summed E-state index contributed by atoms with van der Waals surface area (Å²) in [4.78, 5) is 0. The molecule has 0 unspecified atom stereocenters. The third-order valence-corrected chi connectivity index (χ3v) is 5.49. The Morgan fingerprint density at radius 3 is 1.06 bits per heavy atom. The Morgan fingerprint density at radius 1 is 0.824 bits per heavy atom. The first kappa shape index (κ1) is 19.5. The molecule has 2 N–H and O–H groups in total. The molecule has 0 aliphatic heterocycles. The molecule has 0 aliphatic carbocycles. The summed E-state index contributed by atoms with van der Waals surface area (Å²) in [5, 5.41) is 0. The van der Waals surface area contributed by atoms with Crippen molar-refractivity contribution in [2.75, 3.05) is 56.4 Å². The van der Waals surface area contributed by atoms with E-state index in [9.17, 15) is 9.13 Å². The van der Waals surface area contributed by atoms with Crippen molar-refractivity contribution in [3.63, 3.8) is 0 Å². The second-order valence-corrected chi connectivity index (χ2v) is 9.11. The Balaban J connectivity index is 0. The van der Waals surface area contributed by atoms with Crippen LogP contribution in [0.5, 0.6) is 0 Å². The topological polar surface area (TPSA) is 73.1 Å². The van der Waals surface area contributed by atoms with Crippen molar-refractivity contribution in [1.29, 1.82) is 0 Å². The molecular weight excluding hydrogens is 260 g/mol. The van der Waals surface area contributed by atoms with Crippen LogP contribution in [0.25, 0.3) is 0 Å². The Hall–Kier alpha value is 0.130. The molecule has 0 saturated carbocycles. The van der Waals surface area contributed by atoms with E-state index in [0.717, 1.165) is 0 Å². The molecule has 0 radical (unpaired) electrons. The third kappa shape index (κ3) is 7.95. The SMILES string of the molecule is CN(C)P(N)(=O)N(C)C.CN(C)[P+](=O)N(C)C. The molecule has 0 aromatic heterocycles. The van der Waals surface area contributed by atoms with Crippen molar-refractivity contribution in [3.8, 4) is 0 Å². The highest BCUT2D eigenvalue weighted by molar-refractivity contribution is 7.56. The fraction of sp³-hybridized carbons (Fsp3) is 1.00. The first-order valence-electron chi connectivity index (χ1n) is 5.00. The first-order chi connectivity index (χ1) is 7.44. The van der Waals surface area contributed by atoms with Gasteiger partial charge >= 0.3 is 8.10 Å². The van der Waals surface area contributed by atoms with Crippen LogP contribution in [0.1, 0.15) is 0 Å². The maximum absolute atomic E-state index is 11.2. The fourth-order valence-corrected chi connectivity index (χ4v) is 2.15. The van der Waals surface area contributed by atoms with Crippen molar-refractivity contribution in [1.82, 2.24) is 18.7 Å².